The van der Waals surface area contributed by atoms with E-state index in [9.17, 15) is 4.79 Å². The number of ether oxygens (including phenoxy) is 1. The predicted octanol–water partition coefficient (Wildman–Crippen LogP) is 1.67. The van der Waals surface area contributed by atoms with Gasteiger partial charge in [0.05, 0.1) is 5.60 Å². The Kier molecular flexibility index (Phi) is 3.53. The number of methoxy groups -OCH3 is 1. The molecule has 0 aromatic heterocycles. The molecule has 0 aromatic rings. The third kappa shape index (κ3) is 2.47. The molecule has 0 unspecified atom stereocenters. The van der Waals surface area contributed by atoms with E-state index in [4.69, 9.17) is 4.74 Å². The monoisotopic (exact) mass is 199 g/mol. The van der Waals surface area contributed by atoms with Crippen molar-refractivity contribution in [2.45, 2.75) is 38.2 Å². The highest BCUT2D eigenvalue weighted by atomic mass is 16.5. The molecule has 0 aromatic carbocycles. The fourth-order valence-corrected chi connectivity index (χ4v) is 2.04. The van der Waals surface area contributed by atoms with Gasteiger partial charge >= 0.3 is 0 Å². The number of hydrogen-bond acceptors (Lipinski definition) is 2. The van der Waals surface area contributed by atoms with Crippen LogP contribution in [0.2, 0.25) is 0 Å². The number of hydrogen-bond donors (Lipinski definition) is 0. The molecular formula is C11H21NO2. The fourth-order valence-electron chi connectivity index (χ4n) is 2.04. The standard InChI is InChI=1S/C11H21NO2/c1-11(14-4)7-5-9(6-8-11)10(13)12(2)3/h9H,5-8H2,1-4H3. The van der Waals surface area contributed by atoms with Gasteiger partial charge in [0.1, 0.15) is 0 Å². The van der Waals surface area contributed by atoms with Crippen LogP contribution >= 0.6 is 0 Å². The van der Waals surface area contributed by atoms with Gasteiger partial charge in [-0.2, -0.15) is 0 Å². The van der Waals surface area contributed by atoms with Gasteiger partial charge < -0.3 is 9.64 Å². The van der Waals surface area contributed by atoms with Crippen molar-refractivity contribution in [1.82, 2.24) is 4.90 Å². The number of amides is 1. The van der Waals surface area contributed by atoms with Crippen LogP contribution < -0.4 is 0 Å². The van der Waals surface area contributed by atoms with E-state index in [0.29, 0.717) is 0 Å². The van der Waals surface area contributed by atoms with Crippen molar-refractivity contribution < 1.29 is 9.53 Å². The van der Waals surface area contributed by atoms with Crippen molar-refractivity contribution in [2.75, 3.05) is 21.2 Å². The number of rotatable bonds is 2. The summed E-state index contributed by atoms with van der Waals surface area (Å²) >= 11 is 0. The minimum atomic E-state index is 0.00307. The van der Waals surface area contributed by atoms with E-state index >= 15 is 0 Å². The van der Waals surface area contributed by atoms with Crippen LogP contribution in [0.15, 0.2) is 0 Å². The lowest BCUT2D eigenvalue weighted by Crippen LogP contribution is -2.38. The highest BCUT2D eigenvalue weighted by Gasteiger charge is 2.34. The summed E-state index contributed by atoms with van der Waals surface area (Å²) in [6, 6.07) is 0. The van der Waals surface area contributed by atoms with Crippen LogP contribution in [0.4, 0.5) is 0 Å². The Bertz CT molecular complexity index is 205. The summed E-state index contributed by atoms with van der Waals surface area (Å²) in [6.07, 6.45) is 3.91. The normalized spacial score (nSPS) is 32.7. The third-order valence-corrected chi connectivity index (χ3v) is 3.33. The summed E-state index contributed by atoms with van der Waals surface area (Å²) < 4.78 is 5.44. The van der Waals surface area contributed by atoms with E-state index in [1.165, 1.54) is 0 Å². The predicted molar refractivity (Wildman–Crippen MR) is 56.1 cm³/mol. The maximum Gasteiger partial charge on any atom is 0.225 e. The van der Waals surface area contributed by atoms with Gasteiger partial charge in [-0.25, -0.2) is 0 Å². The number of carbonyl (C=O) groups excluding carboxylic acids is 1. The lowest BCUT2D eigenvalue weighted by Gasteiger charge is -2.36. The molecule has 1 amide bonds. The van der Waals surface area contributed by atoms with E-state index in [2.05, 4.69) is 6.92 Å². The molecule has 1 rings (SSSR count). The van der Waals surface area contributed by atoms with E-state index in [1.807, 2.05) is 14.1 Å². The third-order valence-electron chi connectivity index (χ3n) is 3.33. The number of nitrogens with zero attached hydrogens (tertiary/aromatic N) is 1. The van der Waals surface area contributed by atoms with E-state index in [-0.39, 0.29) is 17.4 Å². The Labute approximate surface area is 86.4 Å². The first-order valence-electron chi connectivity index (χ1n) is 5.25. The lowest BCUT2D eigenvalue weighted by atomic mass is 9.79. The molecule has 1 aliphatic carbocycles. The molecule has 1 saturated carbocycles. The zero-order valence-corrected chi connectivity index (χ0v) is 9.67. The Balaban J connectivity index is 2.47. The van der Waals surface area contributed by atoms with Gasteiger partial charge in [0, 0.05) is 27.1 Å². The topological polar surface area (TPSA) is 29.5 Å². The van der Waals surface area contributed by atoms with Gasteiger partial charge in [-0.3, -0.25) is 4.79 Å². The summed E-state index contributed by atoms with van der Waals surface area (Å²) in [6.45, 7) is 2.13. The SMILES string of the molecule is COC1(C)CCC(C(=O)N(C)C)CC1. The van der Waals surface area contributed by atoms with E-state index in [0.717, 1.165) is 25.7 Å². The Morgan fingerprint density at radius 2 is 1.86 bits per heavy atom. The molecule has 0 radical (unpaired) electrons. The maximum absolute atomic E-state index is 11.7. The maximum atomic E-state index is 11.7. The first kappa shape index (κ1) is 11.5. The van der Waals surface area contributed by atoms with Crippen molar-refractivity contribution >= 4 is 5.91 Å². The van der Waals surface area contributed by atoms with E-state index in [1.54, 1.807) is 12.0 Å². The second-order valence-electron chi connectivity index (χ2n) is 4.66. The highest BCUT2D eigenvalue weighted by molar-refractivity contribution is 5.78. The Hall–Kier alpha value is -0.570. The van der Waals surface area contributed by atoms with Crippen LogP contribution in [0, 0.1) is 5.92 Å². The van der Waals surface area contributed by atoms with Crippen molar-refractivity contribution in [3.8, 4) is 0 Å². The first-order valence-corrected chi connectivity index (χ1v) is 5.25. The molecule has 3 heteroatoms. The van der Waals surface area contributed by atoms with Gasteiger partial charge in [0.2, 0.25) is 5.91 Å². The Morgan fingerprint density at radius 3 is 2.21 bits per heavy atom. The second-order valence-corrected chi connectivity index (χ2v) is 4.66. The van der Waals surface area contributed by atoms with Crippen molar-refractivity contribution in [3.63, 3.8) is 0 Å². The molecule has 14 heavy (non-hydrogen) atoms. The van der Waals surface area contributed by atoms with Crippen LogP contribution in [-0.2, 0) is 9.53 Å². The summed E-state index contributed by atoms with van der Waals surface area (Å²) in [7, 11) is 5.41. The summed E-state index contributed by atoms with van der Waals surface area (Å²) in [4.78, 5) is 13.4. The number of carbonyl (C=O) groups is 1. The molecule has 0 atom stereocenters. The molecule has 0 saturated heterocycles. The average Bonchev–Trinajstić information content (AvgIpc) is 2.18. The summed E-state index contributed by atoms with van der Waals surface area (Å²) in [5.74, 6) is 0.483. The van der Waals surface area contributed by atoms with Gasteiger partial charge in [0.25, 0.3) is 0 Å². The minimum Gasteiger partial charge on any atom is -0.379 e. The van der Waals surface area contributed by atoms with Gasteiger partial charge in [-0.05, 0) is 32.6 Å². The van der Waals surface area contributed by atoms with Crippen LogP contribution in [0.25, 0.3) is 0 Å². The highest BCUT2D eigenvalue weighted by Crippen LogP contribution is 2.34. The molecule has 0 heterocycles. The van der Waals surface area contributed by atoms with Gasteiger partial charge in [-0.15, -0.1) is 0 Å². The largest absolute Gasteiger partial charge is 0.379 e. The Morgan fingerprint density at radius 1 is 1.36 bits per heavy atom. The zero-order chi connectivity index (χ0) is 10.8. The molecular weight excluding hydrogens is 178 g/mol. The molecule has 82 valence electrons. The van der Waals surface area contributed by atoms with Crippen LogP contribution in [-0.4, -0.2) is 37.6 Å². The molecule has 1 aliphatic rings. The average molecular weight is 199 g/mol. The quantitative estimate of drug-likeness (QED) is 0.677. The molecule has 0 N–H and O–H groups in total. The molecule has 0 bridgehead atoms. The smallest absolute Gasteiger partial charge is 0.225 e. The summed E-state index contributed by atoms with van der Waals surface area (Å²) in [5.41, 5.74) is 0.00307. The molecule has 0 spiro atoms. The zero-order valence-electron chi connectivity index (χ0n) is 9.67. The first-order chi connectivity index (χ1) is 6.48. The minimum absolute atomic E-state index is 0.00307. The van der Waals surface area contributed by atoms with Gasteiger partial charge in [0.15, 0.2) is 0 Å². The van der Waals surface area contributed by atoms with E-state index < -0.39 is 0 Å². The lowest BCUT2D eigenvalue weighted by molar-refractivity contribution is -0.136. The molecule has 3 nitrogen and oxygen atoms in total. The van der Waals surface area contributed by atoms with Gasteiger partial charge in [-0.1, -0.05) is 0 Å². The van der Waals surface area contributed by atoms with Crippen molar-refractivity contribution in [1.29, 1.82) is 0 Å². The summed E-state index contributed by atoms with van der Waals surface area (Å²) in [5, 5.41) is 0. The second kappa shape index (κ2) is 4.30. The van der Waals surface area contributed by atoms with Crippen molar-refractivity contribution in [2.24, 2.45) is 5.92 Å². The van der Waals surface area contributed by atoms with Crippen molar-refractivity contribution in [3.05, 3.63) is 0 Å². The fraction of sp³-hybridized carbons (Fsp3) is 0.909. The van der Waals surface area contributed by atoms with Crippen LogP contribution in [0.1, 0.15) is 32.6 Å². The van der Waals surface area contributed by atoms with Crippen LogP contribution in [0.3, 0.4) is 0 Å². The van der Waals surface area contributed by atoms with Crippen LogP contribution in [0.5, 0.6) is 0 Å². The molecule has 1 fully saturated rings. The molecule has 0 aliphatic heterocycles.